The molecule has 0 saturated heterocycles. The highest BCUT2D eigenvalue weighted by Crippen LogP contribution is 2.30. The highest BCUT2D eigenvalue weighted by Gasteiger charge is 2.18. The standard InChI is InChI=1S/C27H30N2O4S/c1-3-4-8-20-12-15-22(16-13-20)29(34(2,31)32)18-7-11-27(30)28-21-14-17-24-23-9-5-6-10-25(23)33-26(24)19-21/h5-6,9-10,12-17,19H,3-4,7-8,11,18H2,1-2H3,(H,28,30). The van der Waals surface area contributed by atoms with Gasteiger partial charge in [-0.2, -0.15) is 0 Å². The smallest absolute Gasteiger partial charge is 0.232 e. The first-order valence-electron chi connectivity index (χ1n) is 11.6. The molecule has 6 nitrogen and oxygen atoms in total. The molecule has 0 spiro atoms. The van der Waals surface area contributed by atoms with Gasteiger partial charge in [0.25, 0.3) is 0 Å². The van der Waals surface area contributed by atoms with Crippen molar-refractivity contribution in [3.8, 4) is 0 Å². The first-order chi connectivity index (χ1) is 16.3. The van der Waals surface area contributed by atoms with Gasteiger partial charge in [-0.25, -0.2) is 8.42 Å². The molecule has 0 atom stereocenters. The third-order valence-electron chi connectivity index (χ3n) is 5.87. The number of carbonyl (C=O) groups is 1. The number of sulfonamides is 1. The van der Waals surface area contributed by atoms with E-state index in [-0.39, 0.29) is 18.9 Å². The first kappa shape index (κ1) is 23.8. The lowest BCUT2D eigenvalue weighted by molar-refractivity contribution is -0.116. The Balaban J connectivity index is 1.37. The molecule has 7 heteroatoms. The third kappa shape index (κ3) is 5.59. The Kier molecular flexibility index (Phi) is 7.22. The number of amides is 1. The zero-order valence-electron chi connectivity index (χ0n) is 19.6. The van der Waals surface area contributed by atoms with Gasteiger partial charge in [-0.1, -0.05) is 43.7 Å². The van der Waals surface area contributed by atoms with Crippen LogP contribution in [0.15, 0.2) is 71.1 Å². The van der Waals surface area contributed by atoms with Crippen molar-refractivity contribution in [3.05, 3.63) is 72.3 Å². The van der Waals surface area contributed by atoms with Gasteiger partial charge in [-0.05, 0) is 55.2 Å². The number of fused-ring (bicyclic) bond motifs is 3. The van der Waals surface area contributed by atoms with E-state index >= 15 is 0 Å². The van der Waals surface area contributed by atoms with E-state index in [2.05, 4.69) is 12.2 Å². The minimum absolute atomic E-state index is 0.168. The van der Waals surface area contributed by atoms with Gasteiger partial charge in [0.1, 0.15) is 11.2 Å². The van der Waals surface area contributed by atoms with Gasteiger partial charge in [-0.3, -0.25) is 9.10 Å². The number of carbonyl (C=O) groups excluding carboxylic acids is 1. The van der Waals surface area contributed by atoms with Gasteiger partial charge >= 0.3 is 0 Å². The van der Waals surface area contributed by atoms with Crippen LogP contribution in [0.2, 0.25) is 0 Å². The molecular weight excluding hydrogens is 448 g/mol. The molecule has 1 amide bonds. The van der Waals surface area contributed by atoms with Crippen LogP contribution in [0.1, 0.15) is 38.2 Å². The lowest BCUT2D eigenvalue weighted by Gasteiger charge is -2.22. The minimum Gasteiger partial charge on any atom is -0.456 e. The van der Waals surface area contributed by atoms with Crippen LogP contribution in [-0.4, -0.2) is 27.1 Å². The molecule has 1 aromatic heterocycles. The molecule has 4 aromatic rings. The quantitative estimate of drug-likeness (QED) is 0.298. The Bertz CT molecular complexity index is 1390. The van der Waals surface area contributed by atoms with E-state index in [0.29, 0.717) is 23.4 Å². The van der Waals surface area contributed by atoms with E-state index in [1.54, 1.807) is 0 Å². The first-order valence-corrected chi connectivity index (χ1v) is 13.5. The molecule has 0 saturated carbocycles. The predicted octanol–water partition coefficient (Wildman–Crippen LogP) is 6.11. The van der Waals surface area contributed by atoms with Gasteiger partial charge in [-0.15, -0.1) is 0 Å². The average Bonchev–Trinajstić information content (AvgIpc) is 3.18. The van der Waals surface area contributed by atoms with Crippen molar-refractivity contribution < 1.29 is 17.6 Å². The number of benzene rings is 3. The number of hydrogen-bond acceptors (Lipinski definition) is 4. The van der Waals surface area contributed by atoms with Crippen LogP contribution in [0, 0.1) is 0 Å². The van der Waals surface area contributed by atoms with Crippen LogP contribution in [0.3, 0.4) is 0 Å². The maximum Gasteiger partial charge on any atom is 0.232 e. The minimum atomic E-state index is -3.45. The van der Waals surface area contributed by atoms with E-state index in [9.17, 15) is 13.2 Å². The maximum atomic E-state index is 12.5. The predicted molar refractivity (Wildman–Crippen MR) is 139 cm³/mol. The number of furan rings is 1. The summed E-state index contributed by atoms with van der Waals surface area (Å²) in [6.07, 6.45) is 5.01. The highest BCUT2D eigenvalue weighted by atomic mass is 32.2. The van der Waals surface area contributed by atoms with Crippen molar-refractivity contribution >= 4 is 49.2 Å². The van der Waals surface area contributed by atoms with Gasteiger partial charge < -0.3 is 9.73 Å². The van der Waals surface area contributed by atoms with Crippen molar-refractivity contribution in [1.82, 2.24) is 0 Å². The summed E-state index contributed by atoms with van der Waals surface area (Å²) < 4.78 is 32.0. The summed E-state index contributed by atoms with van der Waals surface area (Å²) >= 11 is 0. The zero-order valence-corrected chi connectivity index (χ0v) is 20.4. The Morgan fingerprint density at radius 2 is 1.68 bits per heavy atom. The van der Waals surface area contributed by atoms with Gasteiger partial charge in [0, 0.05) is 35.5 Å². The summed E-state index contributed by atoms with van der Waals surface area (Å²) in [4.78, 5) is 12.5. The van der Waals surface area contributed by atoms with Gasteiger partial charge in [0.05, 0.1) is 11.9 Å². The molecule has 34 heavy (non-hydrogen) atoms. The van der Waals surface area contributed by atoms with Crippen LogP contribution >= 0.6 is 0 Å². The lowest BCUT2D eigenvalue weighted by Crippen LogP contribution is -2.31. The van der Waals surface area contributed by atoms with Crippen molar-refractivity contribution in [1.29, 1.82) is 0 Å². The fourth-order valence-electron chi connectivity index (χ4n) is 4.11. The van der Waals surface area contributed by atoms with Crippen LogP contribution in [0.4, 0.5) is 11.4 Å². The largest absolute Gasteiger partial charge is 0.456 e. The summed E-state index contributed by atoms with van der Waals surface area (Å²) in [6.45, 7) is 2.39. The van der Waals surface area contributed by atoms with Crippen molar-refractivity contribution in [2.24, 2.45) is 0 Å². The monoisotopic (exact) mass is 478 g/mol. The molecule has 178 valence electrons. The molecule has 3 aromatic carbocycles. The molecule has 0 radical (unpaired) electrons. The van der Waals surface area contributed by atoms with E-state index in [1.807, 2.05) is 66.7 Å². The Hall–Kier alpha value is -3.32. The molecule has 4 rings (SSSR count). The molecule has 0 bridgehead atoms. The van der Waals surface area contributed by atoms with Gasteiger partial charge in [0.2, 0.25) is 15.9 Å². The fourth-order valence-corrected chi connectivity index (χ4v) is 5.07. The number of aryl methyl sites for hydroxylation is 1. The van der Waals surface area contributed by atoms with Gasteiger partial charge in [0.15, 0.2) is 0 Å². The molecule has 0 aliphatic rings. The molecule has 1 heterocycles. The van der Waals surface area contributed by atoms with Crippen LogP contribution in [0.25, 0.3) is 21.9 Å². The fraction of sp³-hybridized carbons (Fsp3) is 0.296. The molecule has 1 N–H and O–H groups in total. The second kappa shape index (κ2) is 10.3. The summed E-state index contributed by atoms with van der Waals surface area (Å²) in [6, 6.07) is 21.1. The second-order valence-corrected chi connectivity index (χ2v) is 10.5. The summed E-state index contributed by atoms with van der Waals surface area (Å²) in [5.41, 5.74) is 3.99. The van der Waals surface area contributed by atoms with E-state index in [4.69, 9.17) is 4.42 Å². The number of para-hydroxylation sites is 1. The zero-order chi connectivity index (χ0) is 24.1. The Morgan fingerprint density at radius 1 is 0.941 bits per heavy atom. The normalized spacial score (nSPS) is 11.7. The number of rotatable bonds is 10. The van der Waals surface area contributed by atoms with Crippen LogP contribution in [0.5, 0.6) is 0 Å². The maximum absolute atomic E-state index is 12.5. The number of nitrogens with zero attached hydrogens (tertiary/aromatic N) is 1. The topological polar surface area (TPSA) is 79.6 Å². The van der Waals surface area contributed by atoms with Crippen molar-refractivity contribution in [2.75, 3.05) is 22.4 Å². The van der Waals surface area contributed by atoms with Crippen LogP contribution in [-0.2, 0) is 21.2 Å². The van der Waals surface area contributed by atoms with E-state index in [0.717, 1.165) is 35.6 Å². The van der Waals surface area contributed by atoms with Crippen molar-refractivity contribution in [2.45, 2.75) is 39.0 Å². The van der Waals surface area contributed by atoms with Crippen LogP contribution < -0.4 is 9.62 Å². The highest BCUT2D eigenvalue weighted by molar-refractivity contribution is 7.92. The van der Waals surface area contributed by atoms with E-state index in [1.165, 1.54) is 16.1 Å². The average molecular weight is 479 g/mol. The number of unbranched alkanes of at least 4 members (excludes halogenated alkanes) is 1. The number of anilines is 2. The lowest BCUT2D eigenvalue weighted by atomic mass is 10.1. The third-order valence-corrected chi connectivity index (χ3v) is 7.07. The summed E-state index contributed by atoms with van der Waals surface area (Å²) in [7, 11) is -3.45. The second-order valence-electron chi connectivity index (χ2n) is 8.57. The van der Waals surface area contributed by atoms with E-state index < -0.39 is 10.0 Å². The Labute approximate surface area is 200 Å². The Morgan fingerprint density at radius 3 is 2.41 bits per heavy atom. The molecular formula is C27H30N2O4S. The molecule has 0 aliphatic heterocycles. The van der Waals surface area contributed by atoms with Crippen molar-refractivity contribution in [3.63, 3.8) is 0 Å². The summed E-state index contributed by atoms with van der Waals surface area (Å²) in [5.74, 6) is -0.168. The number of nitrogens with one attached hydrogen (secondary N) is 1. The SMILES string of the molecule is CCCCc1ccc(N(CCCC(=O)Nc2ccc3c(c2)oc2ccccc23)S(C)(=O)=O)cc1. The molecule has 0 aliphatic carbocycles. The molecule has 0 unspecified atom stereocenters. The number of hydrogen-bond donors (Lipinski definition) is 1. The molecule has 0 fully saturated rings. The summed E-state index contributed by atoms with van der Waals surface area (Å²) in [5, 5.41) is 4.93.